The highest BCUT2D eigenvalue weighted by Gasteiger charge is 2.16. The number of carboxylic acid groups (broad SMARTS) is 1. The summed E-state index contributed by atoms with van der Waals surface area (Å²) < 4.78 is 12.9. The van der Waals surface area contributed by atoms with Crippen LogP contribution in [0.2, 0.25) is 0 Å². The lowest BCUT2D eigenvalue weighted by atomic mass is 10.1. The molecule has 0 aliphatic carbocycles. The molecule has 0 saturated heterocycles. The number of aliphatic carboxylic acids is 1. The minimum atomic E-state index is -1.07. The number of thiazole rings is 1. The molecule has 2 aromatic carbocycles. The van der Waals surface area contributed by atoms with Crippen molar-refractivity contribution in [2.45, 2.75) is 26.9 Å². The van der Waals surface area contributed by atoms with Crippen LogP contribution in [0.5, 0.6) is 11.5 Å². The number of carbonyl (C=O) groups is 1. The van der Waals surface area contributed by atoms with E-state index < -0.39 is 12.1 Å². The van der Waals surface area contributed by atoms with Crippen LogP contribution in [0, 0.1) is 13.8 Å². The summed E-state index contributed by atoms with van der Waals surface area (Å²) in [6, 6.07) is 9.07. The molecule has 154 valence electrons. The Bertz CT molecular complexity index is 1400. The Hall–Kier alpha value is -3.39. The van der Waals surface area contributed by atoms with Gasteiger partial charge in [0.1, 0.15) is 0 Å². The van der Waals surface area contributed by atoms with E-state index in [9.17, 15) is 9.59 Å². The van der Waals surface area contributed by atoms with Crippen LogP contribution in [0.15, 0.2) is 35.1 Å². The Labute approximate surface area is 175 Å². The van der Waals surface area contributed by atoms with Crippen molar-refractivity contribution in [1.29, 1.82) is 0 Å². The number of imidazole rings is 1. The molecular formula is C22H20N2O5S. The lowest BCUT2D eigenvalue weighted by Gasteiger charge is -2.14. The van der Waals surface area contributed by atoms with Crippen molar-refractivity contribution in [3.05, 3.63) is 61.9 Å². The molecule has 30 heavy (non-hydrogen) atoms. The highest BCUT2D eigenvalue weighted by molar-refractivity contribution is 7.15. The Kier molecular flexibility index (Phi) is 4.95. The molecule has 2 heterocycles. The van der Waals surface area contributed by atoms with E-state index in [1.165, 1.54) is 25.4 Å². The van der Waals surface area contributed by atoms with Gasteiger partial charge in [-0.1, -0.05) is 17.4 Å². The fourth-order valence-electron chi connectivity index (χ4n) is 3.18. The van der Waals surface area contributed by atoms with Gasteiger partial charge in [0.25, 0.3) is 5.56 Å². The van der Waals surface area contributed by atoms with Crippen molar-refractivity contribution in [1.82, 2.24) is 9.38 Å². The number of nitrogens with zero attached hydrogens (tertiary/aromatic N) is 2. The van der Waals surface area contributed by atoms with Crippen LogP contribution in [0.1, 0.15) is 23.6 Å². The Balaban J connectivity index is 1.79. The highest BCUT2D eigenvalue weighted by Crippen LogP contribution is 2.29. The normalized spacial score (nSPS) is 13.1. The molecule has 0 amide bonds. The highest BCUT2D eigenvalue weighted by atomic mass is 32.1. The first-order valence-electron chi connectivity index (χ1n) is 9.30. The molecule has 0 radical (unpaired) electrons. The first-order chi connectivity index (χ1) is 14.3. The van der Waals surface area contributed by atoms with Crippen LogP contribution in [-0.4, -0.2) is 33.7 Å². The maximum absolute atomic E-state index is 13.0. The summed E-state index contributed by atoms with van der Waals surface area (Å²) in [5.41, 5.74) is 4.47. The second kappa shape index (κ2) is 7.46. The average molecular weight is 424 g/mol. The van der Waals surface area contributed by atoms with Crippen molar-refractivity contribution in [2.24, 2.45) is 0 Å². The topological polar surface area (TPSA) is 90.1 Å². The summed E-state index contributed by atoms with van der Waals surface area (Å²) in [5, 5.41) is 9.03. The Morgan fingerprint density at radius 2 is 1.93 bits per heavy atom. The largest absolute Gasteiger partial charge is 0.493 e. The number of carboxylic acids is 1. The van der Waals surface area contributed by atoms with Gasteiger partial charge in [0, 0.05) is 0 Å². The number of methoxy groups -OCH3 is 1. The molecule has 0 fully saturated rings. The Morgan fingerprint density at radius 1 is 1.20 bits per heavy atom. The summed E-state index contributed by atoms with van der Waals surface area (Å²) >= 11 is 1.32. The third-order valence-corrected chi connectivity index (χ3v) is 5.96. The monoisotopic (exact) mass is 424 g/mol. The average Bonchev–Trinajstić information content (AvgIpc) is 3.19. The molecular weight excluding hydrogens is 404 g/mol. The van der Waals surface area contributed by atoms with Gasteiger partial charge in [0.15, 0.2) is 22.6 Å². The van der Waals surface area contributed by atoms with Crippen LogP contribution in [0.25, 0.3) is 22.1 Å². The van der Waals surface area contributed by atoms with Crippen LogP contribution in [-0.2, 0) is 4.79 Å². The van der Waals surface area contributed by atoms with E-state index in [0.29, 0.717) is 21.0 Å². The van der Waals surface area contributed by atoms with Crippen molar-refractivity contribution < 1.29 is 19.4 Å². The first kappa shape index (κ1) is 19.9. The molecule has 7 nitrogen and oxygen atoms in total. The van der Waals surface area contributed by atoms with Crippen LogP contribution in [0.3, 0.4) is 0 Å². The number of rotatable bonds is 5. The molecule has 0 saturated carbocycles. The van der Waals surface area contributed by atoms with E-state index in [0.717, 1.165) is 27.7 Å². The van der Waals surface area contributed by atoms with Gasteiger partial charge in [0.2, 0.25) is 0 Å². The smallest absolute Gasteiger partial charge is 0.344 e. The number of aromatic nitrogens is 2. The number of fused-ring (bicyclic) bond motifs is 3. The number of aryl methyl sites for hydroxylation is 2. The summed E-state index contributed by atoms with van der Waals surface area (Å²) in [4.78, 5) is 29.3. The standard InChI is InChI=1S/C22H20N2O5S/c1-11-7-15-16(8-12(11)2)24-20(25)19(30-22(24)23-15)10-14-5-6-17(18(9-14)28-4)29-13(3)21(26)27/h5-10,13H,1-4H3,(H,26,27)/b19-10-/t13-/m1/s1. The second-order valence-corrected chi connectivity index (χ2v) is 8.09. The van der Waals surface area contributed by atoms with E-state index in [2.05, 4.69) is 4.98 Å². The molecule has 1 N–H and O–H groups in total. The fourth-order valence-corrected chi connectivity index (χ4v) is 4.17. The quantitative estimate of drug-likeness (QED) is 0.530. The molecule has 1 atom stereocenters. The van der Waals surface area contributed by atoms with E-state index in [-0.39, 0.29) is 5.56 Å². The third kappa shape index (κ3) is 3.39. The van der Waals surface area contributed by atoms with Gasteiger partial charge in [-0.3, -0.25) is 4.79 Å². The van der Waals surface area contributed by atoms with Crippen molar-refractivity contribution in [2.75, 3.05) is 7.11 Å². The number of ether oxygens (including phenoxy) is 2. The maximum Gasteiger partial charge on any atom is 0.344 e. The predicted molar refractivity (Wildman–Crippen MR) is 116 cm³/mol. The van der Waals surface area contributed by atoms with Gasteiger partial charge in [-0.05, 0) is 67.8 Å². The molecule has 4 rings (SSSR count). The van der Waals surface area contributed by atoms with Gasteiger partial charge in [0.05, 0.1) is 22.7 Å². The SMILES string of the molecule is COc1cc(/C=c2\sc3nc4cc(C)c(C)cc4n3c2=O)ccc1O[C@H](C)C(=O)O. The minimum Gasteiger partial charge on any atom is -0.493 e. The zero-order chi connectivity index (χ0) is 21.6. The zero-order valence-corrected chi connectivity index (χ0v) is 17.7. The van der Waals surface area contributed by atoms with Crippen LogP contribution in [0.4, 0.5) is 0 Å². The van der Waals surface area contributed by atoms with Gasteiger partial charge in [-0.25, -0.2) is 14.2 Å². The van der Waals surface area contributed by atoms with Crippen LogP contribution >= 0.6 is 11.3 Å². The van der Waals surface area contributed by atoms with E-state index in [1.807, 2.05) is 26.0 Å². The first-order valence-corrected chi connectivity index (χ1v) is 10.1. The second-order valence-electron chi connectivity index (χ2n) is 7.08. The molecule has 0 unspecified atom stereocenters. The third-order valence-electron chi connectivity index (χ3n) is 4.99. The Morgan fingerprint density at radius 3 is 2.63 bits per heavy atom. The number of benzene rings is 2. The predicted octanol–water partition coefficient (Wildman–Crippen LogP) is 2.93. The molecule has 0 spiro atoms. The number of hydrogen-bond acceptors (Lipinski definition) is 6. The molecule has 8 heteroatoms. The molecule has 4 aromatic rings. The number of hydrogen-bond donors (Lipinski definition) is 1. The summed E-state index contributed by atoms with van der Waals surface area (Å²) in [6.45, 7) is 5.48. The van der Waals surface area contributed by atoms with Crippen LogP contribution < -0.4 is 19.6 Å². The van der Waals surface area contributed by atoms with Gasteiger partial charge in [-0.15, -0.1) is 0 Å². The van der Waals surface area contributed by atoms with Gasteiger partial charge < -0.3 is 14.6 Å². The van der Waals surface area contributed by atoms with Crippen molar-refractivity contribution in [3.8, 4) is 11.5 Å². The molecule has 0 bridgehead atoms. The lowest BCUT2D eigenvalue weighted by Crippen LogP contribution is -2.23. The zero-order valence-electron chi connectivity index (χ0n) is 16.9. The maximum atomic E-state index is 13.0. The minimum absolute atomic E-state index is 0.125. The lowest BCUT2D eigenvalue weighted by molar-refractivity contribution is -0.144. The van der Waals surface area contributed by atoms with E-state index in [4.69, 9.17) is 14.6 Å². The van der Waals surface area contributed by atoms with E-state index in [1.54, 1.807) is 28.7 Å². The summed E-state index contributed by atoms with van der Waals surface area (Å²) in [7, 11) is 1.48. The van der Waals surface area contributed by atoms with Gasteiger partial charge in [-0.2, -0.15) is 0 Å². The summed E-state index contributed by atoms with van der Waals surface area (Å²) in [5.74, 6) is -0.352. The fraction of sp³-hybridized carbons (Fsp3) is 0.227. The van der Waals surface area contributed by atoms with Crippen molar-refractivity contribution in [3.63, 3.8) is 0 Å². The molecule has 2 aromatic heterocycles. The van der Waals surface area contributed by atoms with Gasteiger partial charge >= 0.3 is 5.97 Å². The molecule has 0 aliphatic rings. The van der Waals surface area contributed by atoms with E-state index >= 15 is 0 Å². The molecule has 0 aliphatic heterocycles. The summed E-state index contributed by atoms with van der Waals surface area (Å²) in [6.07, 6.45) is 0.758. The van der Waals surface area contributed by atoms with Crippen molar-refractivity contribution >= 4 is 39.4 Å².